The molecule has 58 valence electrons. The molecular weight excluding hydrogens is 164 g/mol. The van der Waals surface area contributed by atoms with Crippen molar-refractivity contribution in [1.29, 1.82) is 5.26 Å². The second-order valence-corrected chi connectivity index (χ2v) is 2.42. The lowest BCUT2D eigenvalue weighted by atomic mass is 10.4. The Morgan fingerprint density at radius 1 is 1.73 bits per heavy atom. The molecule has 0 atom stereocenters. The molecule has 0 aliphatic carbocycles. The summed E-state index contributed by atoms with van der Waals surface area (Å²) in [6, 6.07) is 1.93. The summed E-state index contributed by atoms with van der Waals surface area (Å²) in [5, 5.41) is 16.0. The fraction of sp³-hybridized carbons (Fsp3) is 0.500. The molecule has 0 aliphatic rings. The lowest BCUT2D eigenvalue weighted by Crippen LogP contribution is -2.01. The average molecular weight is 171 g/mol. The Balaban J connectivity index is 2.98. The second kappa shape index (κ2) is 3.35. The van der Waals surface area contributed by atoms with Gasteiger partial charge in [0.1, 0.15) is 6.07 Å². The largest absolute Gasteiger partial charge is 0.233 e. The van der Waals surface area contributed by atoms with Crippen molar-refractivity contribution >= 4 is 11.6 Å². The summed E-state index contributed by atoms with van der Waals surface area (Å²) in [6.07, 6.45) is 0.911. The van der Waals surface area contributed by atoms with Crippen LogP contribution in [0.2, 0.25) is 5.15 Å². The first-order valence-corrected chi connectivity index (χ1v) is 3.66. The first-order valence-electron chi connectivity index (χ1n) is 3.28. The summed E-state index contributed by atoms with van der Waals surface area (Å²) in [5.41, 5.74) is 0.341. The molecule has 5 heteroatoms. The van der Waals surface area contributed by atoms with Gasteiger partial charge in [-0.25, -0.2) is 4.68 Å². The molecule has 11 heavy (non-hydrogen) atoms. The molecule has 0 aliphatic heterocycles. The summed E-state index contributed by atoms with van der Waals surface area (Å²) in [5.74, 6) is 0. The van der Waals surface area contributed by atoms with Gasteiger partial charge in [0.25, 0.3) is 0 Å². The monoisotopic (exact) mass is 170 g/mol. The standard InChI is InChI=1S/C6H7ClN4/c1-2-3-11-5(4-8)6(7)9-10-11/h2-3H2,1H3. The van der Waals surface area contributed by atoms with Crippen LogP contribution in [0, 0.1) is 11.3 Å². The van der Waals surface area contributed by atoms with Crippen LogP contribution in [0.25, 0.3) is 0 Å². The lowest BCUT2D eigenvalue weighted by molar-refractivity contribution is 0.573. The van der Waals surface area contributed by atoms with Gasteiger partial charge in [0.15, 0.2) is 10.8 Å². The van der Waals surface area contributed by atoms with Crippen LogP contribution in [0.15, 0.2) is 0 Å². The first-order chi connectivity index (χ1) is 5.29. The predicted molar refractivity (Wildman–Crippen MR) is 40.0 cm³/mol. The molecule has 4 nitrogen and oxygen atoms in total. The van der Waals surface area contributed by atoms with E-state index in [4.69, 9.17) is 16.9 Å². The molecule has 0 saturated carbocycles. The van der Waals surface area contributed by atoms with Crippen molar-refractivity contribution in [3.8, 4) is 6.07 Å². The van der Waals surface area contributed by atoms with Gasteiger partial charge in [0.05, 0.1) is 0 Å². The van der Waals surface area contributed by atoms with Crippen molar-refractivity contribution in [2.24, 2.45) is 0 Å². The molecule has 1 heterocycles. The summed E-state index contributed by atoms with van der Waals surface area (Å²) in [7, 11) is 0. The van der Waals surface area contributed by atoms with E-state index in [-0.39, 0.29) is 5.15 Å². The maximum absolute atomic E-state index is 8.58. The predicted octanol–water partition coefficient (Wildman–Crippen LogP) is 1.21. The van der Waals surface area contributed by atoms with E-state index < -0.39 is 0 Å². The molecule has 0 aromatic carbocycles. The van der Waals surface area contributed by atoms with E-state index >= 15 is 0 Å². The Morgan fingerprint density at radius 3 is 3.00 bits per heavy atom. The molecule has 0 saturated heterocycles. The van der Waals surface area contributed by atoms with Gasteiger partial charge >= 0.3 is 0 Å². The Bertz CT molecular complexity index is 285. The van der Waals surface area contributed by atoms with Gasteiger partial charge in [-0.3, -0.25) is 0 Å². The van der Waals surface area contributed by atoms with E-state index in [1.807, 2.05) is 13.0 Å². The second-order valence-electron chi connectivity index (χ2n) is 2.06. The summed E-state index contributed by atoms with van der Waals surface area (Å²) >= 11 is 5.56. The van der Waals surface area contributed by atoms with Crippen LogP contribution in [0.4, 0.5) is 0 Å². The SMILES string of the molecule is CCCn1nnc(Cl)c1C#N. The normalized spacial score (nSPS) is 9.55. The van der Waals surface area contributed by atoms with Crippen molar-refractivity contribution in [2.75, 3.05) is 0 Å². The number of hydrogen-bond donors (Lipinski definition) is 0. The Morgan fingerprint density at radius 2 is 2.45 bits per heavy atom. The van der Waals surface area contributed by atoms with Crippen LogP contribution < -0.4 is 0 Å². The fourth-order valence-electron chi connectivity index (χ4n) is 0.764. The topological polar surface area (TPSA) is 54.5 Å². The molecule has 1 rings (SSSR count). The van der Waals surface area contributed by atoms with Crippen molar-refractivity contribution in [3.05, 3.63) is 10.8 Å². The quantitative estimate of drug-likeness (QED) is 0.671. The van der Waals surface area contributed by atoms with Crippen molar-refractivity contribution in [1.82, 2.24) is 15.0 Å². The van der Waals surface area contributed by atoms with Gasteiger partial charge in [-0.2, -0.15) is 5.26 Å². The van der Waals surface area contributed by atoms with Crippen LogP contribution in [0.5, 0.6) is 0 Å². The highest BCUT2D eigenvalue weighted by molar-refractivity contribution is 6.30. The molecule has 0 spiro atoms. The fourth-order valence-corrected chi connectivity index (χ4v) is 0.938. The van der Waals surface area contributed by atoms with Crippen LogP contribution in [0.3, 0.4) is 0 Å². The maximum atomic E-state index is 8.58. The van der Waals surface area contributed by atoms with Crippen LogP contribution >= 0.6 is 11.6 Å². The summed E-state index contributed by atoms with van der Waals surface area (Å²) in [6.45, 7) is 2.68. The highest BCUT2D eigenvalue weighted by Crippen LogP contribution is 2.09. The molecule has 0 N–H and O–H groups in total. The zero-order valence-corrected chi connectivity index (χ0v) is 6.84. The molecule has 0 amide bonds. The van der Waals surface area contributed by atoms with Gasteiger partial charge in [-0.1, -0.05) is 23.7 Å². The van der Waals surface area contributed by atoms with Gasteiger partial charge in [0, 0.05) is 6.54 Å². The lowest BCUT2D eigenvalue weighted by Gasteiger charge is -1.95. The Kier molecular flexibility index (Phi) is 2.44. The Labute approximate surface area is 69.4 Å². The number of hydrogen-bond acceptors (Lipinski definition) is 3. The number of aryl methyl sites for hydroxylation is 1. The zero-order valence-electron chi connectivity index (χ0n) is 6.08. The highest BCUT2D eigenvalue weighted by atomic mass is 35.5. The number of aromatic nitrogens is 3. The van der Waals surface area contributed by atoms with Crippen LogP contribution in [0.1, 0.15) is 19.0 Å². The smallest absolute Gasteiger partial charge is 0.189 e. The zero-order chi connectivity index (χ0) is 8.27. The minimum atomic E-state index is 0.181. The third-order valence-electron chi connectivity index (χ3n) is 1.24. The molecule has 0 radical (unpaired) electrons. The third-order valence-corrected chi connectivity index (χ3v) is 1.49. The van der Waals surface area contributed by atoms with E-state index in [1.54, 1.807) is 0 Å². The van der Waals surface area contributed by atoms with Gasteiger partial charge in [-0.15, -0.1) is 5.10 Å². The molecule has 1 aromatic rings. The minimum absolute atomic E-state index is 0.181. The minimum Gasteiger partial charge on any atom is -0.233 e. The third kappa shape index (κ3) is 1.49. The first kappa shape index (κ1) is 8.02. The number of nitriles is 1. The molecular formula is C6H7ClN4. The van der Waals surface area contributed by atoms with Crippen molar-refractivity contribution in [3.63, 3.8) is 0 Å². The number of rotatable bonds is 2. The van der Waals surface area contributed by atoms with Crippen molar-refractivity contribution in [2.45, 2.75) is 19.9 Å². The number of halogens is 1. The molecule has 1 aromatic heterocycles. The Hall–Kier alpha value is -1.08. The van der Waals surface area contributed by atoms with Gasteiger partial charge in [0.2, 0.25) is 0 Å². The summed E-state index contributed by atoms with van der Waals surface area (Å²) in [4.78, 5) is 0. The molecule has 0 bridgehead atoms. The van der Waals surface area contributed by atoms with E-state index in [9.17, 15) is 0 Å². The number of nitrogens with zero attached hydrogens (tertiary/aromatic N) is 4. The van der Waals surface area contributed by atoms with Crippen molar-refractivity contribution < 1.29 is 0 Å². The van der Waals surface area contributed by atoms with E-state index in [1.165, 1.54) is 4.68 Å². The molecule has 0 unspecified atom stereocenters. The highest BCUT2D eigenvalue weighted by Gasteiger charge is 2.07. The average Bonchev–Trinajstić information content (AvgIpc) is 2.33. The maximum Gasteiger partial charge on any atom is 0.189 e. The molecule has 0 fully saturated rings. The van der Waals surface area contributed by atoms with E-state index in [2.05, 4.69) is 10.3 Å². The van der Waals surface area contributed by atoms with E-state index in [0.717, 1.165) is 6.42 Å². The van der Waals surface area contributed by atoms with Crippen LogP contribution in [-0.4, -0.2) is 15.0 Å². The van der Waals surface area contributed by atoms with Crippen LogP contribution in [-0.2, 0) is 6.54 Å². The van der Waals surface area contributed by atoms with Gasteiger partial charge in [-0.05, 0) is 6.42 Å². The van der Waals surface area contributed by atoms with E-state index in [0.29, 0.717) is 12.2 Å². The summed E-state index contributed by atoms with van der Waals surface area (Å²) < 4.78 is 1.50. The van der Waals surface area contributed by atoms with Gasteiger partial charge < -0.3 is 0 Å².